The van der Waals surface area contributed by atoms with Gasteiger partial charge in [0.25, 0.3) is 5.91 Å². The minimum atomic E-state index is -4.75. The van der Waals surface area contributed by atoms with Gasteiger partial charge in [0, 0.05) is 5.56 Å². The van der Waals surface area contributed by atoms with E-state index in [0.717, 1.165) is 24.3 Å². The first-order chi connectivity index (χ1) is 16.5. The number of benzene rings is 2. The zero-order valence-corrected chi connectivity index (χ0v) is 20.1. The monoisotopic (exact) mass is 558 g/mol. The highest BCUT2D eigenvalue weighted by molar-refractivity contribution is 6.35. The molecule has 0 bridgehead atoms. The first-order valence-electron chi connectivity index (χ1n) is 10.1. The number of hydrogen-bond donors (Lipinski definition) is 2. The molecule has 2 N–H and O–H groups in total. The van der Waals surface area contributed by atoms with Crippen LogP contribution in [-0.4, -0.2) is 30.3 Å². The Morgan fingerprint density at radius 2 is 1.58 bits per heavy atom. The minimum Gasteiger partial charge on any atom is -0.336 e. The third-order valence-electron chi connectivity index (χ3n) is 4.78. The lowest BCUT2D eigenvalue weighted by Gasteiger charge is -2.18. The second-order valence-corrected chi connectivity index (χ2v) is 8.62. The maximum Gasteiger partial charge on any atom is 0.399 e. The summed E-state index contributed by atoms with van der Waals surface area (Å²) in [6.45, 7) is 2.77. The quantitative estimate of drug-likeness (QED) is 0.219. The van der Waals surface area contributed by atoms with Gasteiger partial charge in [-0.25, -0.2) is 4.39 Å². The average Bonchev–Trinajstić information content (AvgIpc) is 2.69. The molecule has 2 amide bonds. The molecule has 2 aromatic rings. The van der Waals surface area contributed by atoms with E-state index in [9.17, 15) is 40.3 Å². The largest absolute Gasteiger partial charge is 0.399 e. The van der Waals surface area contributed by atoms with Crippen molar-refractivity contribution in [3.8, 4) is 0 Å². The number of hydrogen-bond acceptors (Lipinski definition) is 2. The summed E-state index contributed by atoms with van der Waals surface area (Å²) in [6, 6.07) is 5.74. The number of amides is 2. The Labute approximate surface area is 211 Å². The topological polar surface area (TPSA) is 58.2 Å². The molecule has 2 aromatic carbocycles. The van der Waals surface area contributed by atoms with Gasteiger partial charge in [0.05, 0.1) is 22.1 Å². The van der Waals surface area contributed by atoms with Crippen molar-refractivity contribution in [2.24, 2.45) is 0 Å². The molecule has 13 heteroatoms. The van der Waals surface area contributed by atoms with Crippen molar-refractivity contribution >= 4 is 41.1 Å². The maximum absolute atomic E-state index is 13.6. The standard InChI is InChI=1S/C23H19Cl2F7N2O2/c1-11-7-13(3-5-15(11)21(36)34-12(2)33-19(35)10-22(27,28)29)4-6-16(23(30,31)32)14-8-17(24)20(26)18(25)9-14/h3-9,12,16H,10H2,1-2H3,(H,33,35)(H,34,36)/t12-,16?/m1/s1. The van der Waals surface area contributed by atoms with E-state index in [1.165, 1.54) is 32.0 Å². The number of aryl methyl sites for hydroxylation is 1. The number of rotatable bonds is 7. The smallest absolute Gasteiger partial charge is 0.336 e. The predicted molar refractivity (Wildman–Crippen MR) is 121 cm³/mol. The Morgan fingerprint density at radius 1 is 1.00 bits per heavy atom. The summed E-state index contributed by atoms with van der Waals surface area (Å²) in [4.78, 5) is 23.8. The maximum atomic E-state index is 13.6. The Bertz CT molecular complexity index is 1140. The van der Waals surface area contributed by atoms with Crippen molar-refractivity contribution in [1.29, 1.82) is 0 Å². The lowest BCUT2D eigenvalue weighted by molar-refractivity contribution is -0.154. The van der Waals surface area contributed by atoms with Gasteiger partial charge in [0.15, 0.2) is 5.82 Å². The van der Waals surface area contributed by atoms with Crippen LogP contribution in [0.5, 0.6) is 0 Å². The third-order valence-corrected chi connectivity index (χ3v) is 5.33. The SMILES string of the molecule is Cc1cc(C=CC(c2cc(Cl)c(F)c(Cl)c2)C(F)(F)F)ccc1C(=O)N[C@H](C)NC(=O)CC(F)(F)F. The molecule has 0 radical (unpaired) electrons. The van der Waals surface area contributed by atoms with Crippen LogP contribution in [0.3, 0.4) is 0 Å². The Balaban J connectivity index is 2.18. The molecule has 4 nitrogen and oxygen atoms in total. The first kappa shape index (κ1) is 29.4. The van der Waals surface area contributed by atoms with Crippen molar-refractivity contribution in [2.45, 2.75) is 44.7 Å². The number of allylic oxidation sites excluding steroid dienone is 1. The van der Waals surface area contributed by atoms with Crippen LogP contribution in [0.15, 0.2) is 36.4 Å². The molecule has 2 atom stereocenters. The normalized spacial score (nSPS) is 14.0. The second-order valence-electron chi connectivity index (χ2n) is 7.81. The fourth-order valence-electron chi connectivity index (χ4n) is 3.20. The summed E-state index contributed by atoms with van der Waals surface area (Å²) >= 11 is 11.3. The van der Waals surface area contributed by atoms with E-state index in [1.807, 2.05) is 5.32 Å². The molecule has 0 heterocycles. The van der Waals surface area contributed by atoms with Crippen LogP contribution in [0.1, 0.15) is 46.3 Å². The number of halogens is 9. The molecule has 0 aliphatic carbocycles. The lowest BCUT2D eigenvalue weighted by Crippen LogP contribution is -2.46. The summed E-state index contributed by atoms with van der Waals surface area (Å²) in [5.74, 6) is -5.23. The van der Waals surface area contributed by atoms with E-state index in [0.29, 0.717) is 11.1 Å². The van der Waals surface area contributed by atoms with Gasteiger partial charge in [0.1, 0.15) is 6.42 Å². The minimum absolute atomic E-state index is 0.0912. The fourth-order valence-corrected chi connectivity index (χ4v) is 3.71. The summed E-state index contributed by atoms with van der Waals surface area (Å²) < 4.78 is 91.3. The molecular formula is C23H19Cl2F7N2O2. The van der Waals surface area contributed by atoms with E-state index in [2.05, 4.69) is 5.32 Å². The second kappa shape index (κ2) is 11.5. The van der Waals surface area contributed by atoms with Crippen LogP contribution in [0.4, 0.5) is 30.7 Å². The Hall–Kier alpha value is -2.79. The molecule has 0 spiro atoms. The van der Waals surface area contributed by atoms with Crippen molar-refractivity contribution in [1.82, 2.24) is 10.6 Å². The highest BCUT2D eigenvalue weighted by atomic mass is 35.5. The van der Waals surface area contributed by atoms with Gasteiger partial charge < -0.3 is 10.6 Å². The molecule has 0 fully saturated rings. The van der Waals surface area contributed by atoms with Gasteiger partial charge in [-0.15, -0.1) is 0 Å². The van der Waals surface area contributed by atoms with Crippen LogP contribution in [0.2, 0.25) is 10.0 Å². The van der Waals surface area contributed by atoms with E-state index in [4.69, 9.17) is 23.2 Å². The zero-order valence-electron chi connectivity index (χ0n) is 18.6. The molecule has 196 valence electrons. The Kier molecular flexibility index (Phi) is 9.41. The molecule has 1 unspecified atom stereocenters. The summed E-state index contributed by atoms with van der Waals surface area (Å²) in [6.07, 6.45) is -10.3. The number of carbonyl (C=O) groups is 2. The Morgan fingerprint density at radius 3 is 2.08 bits per heavy atom. The van der Waals surface area contributed by atoms with Gasteiger partial charge in [-0.1, -0.05) is 47.5 Å². The highest BCUT2D eigenvalue weighted by Gasteiger charge is 2.39. The molecule has 36 heavy (non-hydrogen) atoms. The summed E-state index contributed by atoms with van der Waals surface area (Å²) in [5.41, 5.74) is 0.363. The third kappa shape index (κ3) is 8.41. The predicted octanol–water partition coefficient (Wildman–Crippen LogP) is 6.94. The lowest BCUT2D eigenvalue weighted by atomic mass is 9.96. The van der Waals surface area contributed by atoms with E-state index in [1.54, 1.807) is 0 Å². The molecule has 0 aliphatic rings. The molecule has 0 saturated heterocycles. The summed E-state index contributed by atoms with van der Waals surface area (Å²) in [5, 5.41) is 3.19. The van der Waals surface area contributed by atoms with E-state index < -0.39 is 58.5 Å². The first-order valence-corrected chi connectivity index (χ1v) is 10.9. The van der Waals surface area contributed by atoms with Gasteiger partial charge in [-0.3, -0.25) is 9.59 Å². The summed E-state index contributed by atoms with van der Waals surface area (Å²) in [7, 11) is 0. The van der Waals surface area contributed by atoms with Crippen molar-refractivity contribution < 1.29 is 40.3 Å². The zero-order chi connectivity index (χ0) is 27.4. The molecule has 0 saturated carbocycles. The number of carbonyl (C=O) groups excluding carboxylic acids is 2. The highest BCUT2D eigenvalue weighted by Crippen LogP contribution is 2.39. The van der Waals surface area contributed by atoms with Gasteiger partial charge in [-0.2, -0.15) is 26.3 Å². The van der Waals surface area contributed by atoms with Crippen LogP contribution in [0, 0.1) is 12.7 Å². The van der Waals surface area contributed by atoms with Crippen molar-refractivity contribution in [2.75, 3.05) is 0 Å². The van der Waals surface area contributed by atoms with E-state index >= 15 is 0 Å². The fraction of sp³-hybridized carbons (Fsp3) is 0.304. The number of alkyl halides is 6. The van der Waals surface area contributed by atoms with Crippen molar-refractivity contribution in [3.05, 3.63) is 74.5 Å². The van der Waals surface area contributed by atoms with Crippen molar-refractivity contribution in [3.63, 3.8) is 0 Å². The van der Waals surface area contributed by atoms with Crippen LogP contribution < -0.4 is 10.6 Å². The van der Waals surface area contributed by atoms with Crippen LogP contribution in [-0.2, 0) is 4.79 Å². The van der Waals surface area contributed by atoms with Gasteiger partial charge in [-0.05, 0) is 48.7 Å². The van der Waals surface area contributed by atoms with Crippen LogP contribution >= 0.6 is 23.2 Å². The van der Waals surface area contributed by atoms with Gasteiger partial charge in [0.2, 0.25) is 5.91 Å². The molecule has 2 rings (SSSR count). The van der Waals surface area contributed by atoms with Gasteiger partial charge >= 0.3 is 12.4 Å². The van der Waals surface area contributed by atoms with E-state index in [-0.39, 0.29) is 11.1 Å². The molecule has 0 aliphatic heterocycles. The number of nitrogens with one attached hydrogen (secondary N) is 2. The average molecular weight is 559 g/mol. The van der Waals surface area contributed by atoms with Crippen LogP contribution in [0.25, 0.3) is 6.08 Å². The molecular weight excluding hydrogens is 540 g/mol. The molecule has 0 aromatic heterocycles.